The number of carbonyl (C=O) groups excluding carboxylic acids is 2. The van der Waals surface area contributed by atoms with Gasteiger partial charge in [0.25, 0.3) is 5.91 Å². The molecule has 0 heterocycles. The van der Waals surface area contributed by atoms with Gasteiger partial charge in [-0.2, -0.15) is 0 Å². The molecule has 0 atom stereocenters. The van der Waals surface area contributed by atoms with E-state index >= 15 is 0 Å². The van der Waals surface area contributed by atoms with Crippen LogP contribution in [0.5, 0.6) is 0 Å². The van der Waals surface area contributed by atoms with Gasteiger partial charge in [-0.25, -0.2) is 4.79 Å². The number of carbonyl (C=O) groups is 2. The summed E-state index contributed by atoms with van der Waals surface area (Å²) in [7, 11) is 0. The normalized spacial score (nSPS) is 10.5. The lowest BCUT2D eigenvalue weighted by Gasteiger charge is -2.09. The summed E-state index contributed by atoms with van der Waals surface area (Å²) in [5, 5.41) is 3.72. The van der Waals surface area contributed by atoms with Gasteiger partial charge >= 0.3 is 5.97 Å². The Kier molecular flexibility index (Phi) is 7.80. The third kappa shape index (κ3) is 6.02. The highest BCUT2D eigenvalue weighted by atomic mass is 35.5. The van der Waals surface area contributed by atoms with Crippen LogP contribution in [0.3, 0.4) is 0 Å². The number of esters is 1. The van der Waals surface area contributed by atoms with E-state index in [0.29, 0.717) is 16.3 Å². The Morgan fingerprint density at radius 1 is 0.967 bits per heavy atom. The molecule has 1 amide bonds. The fourth-order valence-electron chi connectivity index (χ4n) is 2.62. The Labute approximate surface area is 189 Å². The van der Waals surface area contributed by atoms with Gasteiger partial charge in [-0.15, -0.1) is 11.8 Å². The van der Waals surface area contributed by atoms with E-state index in [-0.39, 0.29) is 23.1 Å². The number of anilines is 1. The number of thioether (sulfide) groups is 1. The Morgan fingerprint density at radius 3 is 2.30 bits per heavy atom. The van der Waals surface area contributed by atoms with Crippen molar-refractivity contribution < 1.29 is 14.3 Å². The van der Waals surface area contributed by atoms with E-state index < -0.39 is 5.97 Å². The number of hydrogen-bond donors (Lipinski definition) is 1. The lowest BCUT2D eigenvalue weighted by Crippen LogP contribution is -2.12. The fraction of sp³-hybridized carbons (Fsp3) is 0.130. The first-order valence-electron chi connectivity index (χ1n) is 9.21. The van der Waals surface area contributed by atoms with Crippen LogP contribution in [0.2, 0.25) is 10.0 Å². The average molecular weight is 460 g/mol. The van der Waals surface area contributed by atoms with E-state index in [1.165, 1.54) is 12.1 Å². The quantitative estimate of drug-likeness (QED) is 0.314. The van der Waals surface area contributed by atoms with E-state index in [4.69, 9.17) is 27.9 Å². The topological polar surface area (TPSA) is 55.4 Å². The lowest BCUT2D eigenvalue weighted by molar-refractivity contribution is 0.0526. The molecule has 0 aliphatic carbocycles. The van der Waals surface area contributed by atoms with Crippen LogP contribution >= 0.6 is 35.0 Å². The molecule has 0 bridgehead atoms. The molecule has 0 aliphatic rings. The van der Waals surface area contributed by atoms with Crippen molar-refractivity contribution in [2.75, 3.05) is 11.9 Å². The van der Waals surface area contributed by atoms with Gasteiger partial charge in [-0.05, 0) is 67.1 Å². The van der Waals surface area contributed by atoms with Crippen molar-refractivity contribution in [2.24, 2.45) is 0 Å². The van der Waals surface area contributed by atoms with Crippen LogP contribution in [-0.2, 0) is 10.5 Å². The zero-order valence-corrected chi connectivity index (χ0v) is 18.5. The molecule has 3 rings (SSSR count). The smallest absolute Gasteiger partial charge is 0.339 e. The van der Waals surface area contributed by atoms with Crippen molar-refractivity contribution >= 4 is 52.5 Å². The summed E-state index contributed by atoms with van der Waals surface area (Å²) in [4.78, 5) is 25.4. The summed E-state index contributed by atoms with van der Waals surface area (Å²) in [5.74, 6) is 0.0355. The molecule has 3 aromatic carbocycles. The van der Waals surface area contributed by atoms with Gasteiger partial charge in [0.1, 0.15) is 0 Å². The second-order valence-electron chi connectivity index (χ2n) is 6.31. The minimum atomic E-state index is -0.493. The maximum Gasteiger partial charge on any atom is 0.339 e. The summed E-state index contributed by atoms with van der Waals surface area (Å²) in [5.41, 5.74) is 2.40. The van der Waals surface area contributed by atoms with Gasteiger partial charge in [0.05, 0.1) is 17.2 Å². The maximum atomic E-state index is 12.5. The first-order valence-corrected chi connectivity index (χ1v) is 11.0. The highest BCUT2D eigenvalue weighted by Crippen LogP contribution is 2.25. The van der Waals surface area contributed by atoms with E-state index in [0.717, 1.165) is 16.2 Å². The van der Waals surface area contributed by atoms with E-state index in [1.54, 1.807) is 36.9 Å². The van der Waals surface area contributed by atoms with Crippen molar-refractivity contribution in [1.29, 1.82) is 0 Å². The average Bonchev–Trinajstić information content (AvgIpc) is 2.74. The Bertz CT molecular complexity index is 1040. The van der Waals surface area contributed by atoms with Crippen LogP contribution in [-0.4, -0.2) is 18.5 Å². The molecule has 3 aromatic rings. The molecule has 0 aromatic heterocycles. The largest absolute Gasteiger partial charge is 0.462 e. The molecule has 0 saturated heterocycles. The molecule has 0 spiro atoms. The Morgan fingerprint density at radius 2 is 1.67 bits per heavy atom. The molecule has 154 valence electrons. The molecule has 7 heteroatoms. The molecule has 0 unspecified atom stereocenters. The predicted molar refractivity (Wildman–Crippen MR) is 123 cm³/mol. The highest BCUT2D eigenvalue weighted by molar-refractivity contribution is 7.98. The Hall–Kier alpha value is -2.47. The van der Waals surface area contributed by atoms with Crippen molar-refractivity contribution in [1.82, 2.24) is 0 Å². The Balaban J connectivity index is 1.59. The minimum Gasteiger partial charge on any atom is -0.462 e. The van der Waals surface area contributed by atoms with Crippen molar-refractivity contribution in [3.8, 4) is 0 Å². The second kappa shape index (κ2) is 10.5. The zero-order valence-electron chi connectivity index (χ0n) is 16.2. The molecular weight excluding hydrogens is 441 g/mol. The van der Waals surface area contributed by atoms with Gasteiger partial charge < -0.3 is 10.1 Å². The monoisotopic (exact) mass is 459 g/mol. The van der Waals surface area contributed by atoms with Crippen LogP contribution < -0.4 is 5.32 Å². The van der Waals surface area contributed by atoms with Crippen molar-refractivity contribution in [3.63, 3.8) is 0 Å². The predicted octanol–water partition coefficient (Wildman–Crippen LogP) is 6.71. The SMILES string of the molecule is CCOC(=O)c1ccc(NC(=O)c2ccc(CSc3ccc(Cl)cc3)cc2)cc1Cl. The molecular formula is C23H19Cl2NO3S. The van der Waals surface area contributed by atoms with Crippen LogP contribution in [0.15, 0.2) is 71.6 Å². The molecule has 0 radical (unpaired) electrons. The number of nitrogens with one attached hydrogen (secondary N) is 1. The number of ether oxygens (including phenoxy) is 1. The van der Waals surface area contributed by atoms with Crippen LogP contribution in [0.4, 0.5) is 5.69 Å². The third-order valence-electron chi connectivity index (χ3n) is 4.16. The van der Waals surface area contributed by atoms with E-state index in [9.17, 15) is 9.59 Å². The van der Waals surface area contributed by atoms with Crippen molar-refractivity contribution in [2.45, 2.75) is 17.6 Å². The van der Waals surface area contributed by atoms with E-state index in [1.807, 2.05) is 36.4 Å². The van der Waals surface area contributed by atoms with Crippen molar-refractivity contribution in [3.05, 3.63) is 93.5 Å². The molecule has 1 N–H and O–H groups in total. The van der Waals surface area contributed by atoms with Crippen LogP contribution in [0.1, 0.15) is 33.2 Å². The van der Waals surface area contributed by atoms with Crippen LogP contribution in [0.25, 0.3) is 0 Å². The minimum absolute atomic E-state index is 0.223. The summed E-state index contributed by atoms with van der Waals surface area (Å²) in [6.07, 6.45) is 0. The van der Waals surface area contributed by atoms with Gasteiger partial charge in [0, 0.05) is 26.9 Å². The highest BCUT2D eigenvalue weighted by Gasteiger charge is 2.13. The summed E-state index contributed by atoms with van der Waals surface area (Å²) in [6.45, 7) is 1.99. The van der Waals surface area contributed by atoms with Gasteiger partial charge in [0.2, 0.25) is 0 Å². The third-order valence-corrected chi connectivity index (χ3v) is 5.81. The zero-order chi connectivity index (χ0) is 21.5. The van der Waals surface area contributed by atoms with Gasteiger partial charge in [0.15, 0.2) is 0 Å². The second-order valence-corrected chi connectivity index (χ2v) is 8.20. The first kappa shape index (κ1) is 22.2. The van der Waals surface area contributed by atoms with Gasteiger partial charge in [-0.1, -0.05) is 35.3 Å². The summed E-state index contributed by atoms with van der Waals surface area (Å²) in [6, 6.07) is 19.8. The number of benzene rings is 3. The lowest BCUT2D eigenvalue weighted by atomic mass is 10.1. The van der Waals surface area contributed by atoms with Crippen LogP contribution in [0, 0.1) is 0 Å². The number of hydrogen-bond acceptors (Lipinski definition) is 4. The summed E-state index contributed by atoms with van der Waals surface area (Å²) >= 11 is 13.7. The molecule has 0 aliphatic heterocycles. The summed E-state index contributed by atoms with van der Waals surface area (Å²) < 4.78 is 4.95. The number of halogens is 2. The standard InChI is InChI=1S/C23H19Cl2NO3S/c1-2-29-23(28)20-12-9-18(13-21(20)25)26-22(27)16-5-3-15(4-6-16)14-30-19-10-7-17(24)8-11-19/h3-13H,2,14H2,1H3,(H,26,27). The maximum absolute atomic E-state index is 12.5. The fourth-order valence-corrected chi connectivity index (χ4v) is 3.86. The molecule has 4 nitrogen and oxygen atoms in total. The number of rotatable bonds is 7. The van der Waals surface area contributed by atoms with E-state index in [2.05, 4.69) is 5.32 Å². The molecule has 0 saturated carbocycles. The first-order chi connectivity index (χ1) is 14.5. The molecule has 0 fully saturated rings. The number of amides is 1. The van der Waals surface area contributed by atoms with Gasteiger partial charge in [-0.3, -0.25) is 4.79 Å². The molecule has 30 heavy (non-hydrogen) atoms.